The maximum atomic E-state index is 4.36. The Morgan fingerprint density at radius 3 is 2.64 bits per heavy atom. The van der Waals surface area contributed by atoms with E-state index in [0.717, 1.165) is 8.86 Å². The van der Waals surface area contributed by atoms with Crippen LogP contribution in [0, 0.1) is 6.92 Å². The van der Waals surface area contributed by atoms with E-state index in [9.17, 15) is 0 Å². The Kier molecular flexibility index (Phi) is 4.05. The van der Waals surface area contributed by atoms with Gasteiger partial charge in [-0.3, -0.25) is 4.98 Å². The molecule has 1 aromatic heterocycles. The first-order valence-corrected chi connectivity index (χ1v) is 6.39. The van der Waals surface area contributed by atoms with Crippen LogP contribution in [-0.4, -0.2) is 4.98 Å². The predicted molar refractivity (Wildman–Crippen MR) is 64.4 cm³/mol. The van der Waals surface area contributed by atoms with Gasteiger partial charge in [-0.05, 0) is 18.1 Å². The third-order valence-electron chi connectivity index (χ3n) is 1.47. The number of rotatable bonds is 2. The highest BCUT2D eigenvalue weighted by Gasteiger charge is 2.00. The number of aromatic nitrogens is 1. The van der Waals surface area contributed by atoms with Gasteiger partial charge in [-0.2, -0.15) is 0 Å². The summed E-state index contributed by atoms with van der Waals surface area (Å²) in [6, 6.07) is 2.22. The minimum Gasteiger partial charge on any atom is -0.260 e. The smallest absolute Gasteiger partial charge is 0.0540 e. The van der Waals surface area contributed by atoms with E-state index in [-0.39, 0.29) is 0 Å². The van der Waals surface area contributed by atoms with Crippen LogP contribution in [0.25, 0.3) is 0 Å². The third kappa shape index (κ3) is 2.54. The lowest BCUT2D eigenvalue weighted by Gasteiger charge is -2.02. The molecule has 11 heavy (non-hydrogen) atoms. The van der Waals surface area contributed by atoms with E-state index >= 15 is 0 Å². The van der Waals surface area contributed by atoms with E-state index in [1.165, 1.54) is 16.8 Å². The molecule has 0 amide bonds. The van der Waals surface area contributed by atoms with E-state index in [2.05, 4.69) is 63.2 Å². The second-order valence-electron chi connectivity index (χ2n) is 2.39. The van der Waals surface area contributed by atoms with Crippen molar-refractivity contribution in [3.63, 3.8) is 0 Å². The van der Waals surface area contributed by atoms with Gasteiger partial charge in [0.15, 0.2) is 0 Å². The van der Waals surface area contributed by atoms with Crippen LogP contribution in [0.2, 0.25) is 0 Å². The van der Waals surface area contributed by atoms with Crippen molar-refractivity contribution in [3.8, 4) is 0 Å². The van der Waals surface area contributed by atoms with Gasteiger partial charge in [-0.25, -0.2) is 0 Å². The second kappa shape index (κ2) is 4.59. The number of pyridine rings is 1. The van der Waals surface area contributed by atoms with Crippen LogP contribution in [0.4, 0.5) is 0 Å². The van der Waals surface area contributed by atoms with Gasteiger partial charge < -0.3 is 0 Å². The molecule has 0 aliphatic rings. The minimum absolute atomic E-state index is 1.01. The highest BCUT2D eigenvalue weighted by molar-refractivity contribution is 14.1. The molecule has 1 rings (SSSR count). The SMILES string of the molecule is Cc1cnc(CI)c(CI)c1. The molecule has 0 saturated heterocycles. The highest BCUT2D eigenvalue weighted by Crippen LogP contribution is 2.14. The van der Waals surface area contributed by atoms with Crippen molar-refractivity contribution in [3.05, 3.63) is 29.1 Å². The van der Waals surface area contributed by atoms with Gasteiger partial charge in [0.1, 0.15) is 0 Å². The molecule has 60 valence electrons. The summed E-state index contributed by atoms with van der Waals surface area (Å²) in [5.74, 6) is 0. The van der Waals surface area contributed by atoms with Gasteiger partial charge >= 0.3 is 0 Å². The topological polar surface area (TPSA) is 12.9 Å². The lowest BCUT2D eigenvalue weighted by Crippen LogP contribution is -1.92. The zero-order valence-corrected chi connectivity index (χ0v) is 10.6. The number of aryl methyl sites for hydroxylation is 1. The lowest BCUT2D eigenvalue weighted by atomic mass is 10.2. The van der Waals surface area contributed by atoms with Crippen molar-refractivity contribution in [1.29, 1.82) is 0 Å². The number of hydrogen-bond acceptors (Lipinski definition) is 1. The van der Waals surface area contributed by atoms with Crippen molar-refractivity contribution < 1.29 is 0 Å². The number of alkyl halides is 2. The van der Waals surface area contributed by atoms with Crippen molar-refractivity contribution >= 4 is 45.2 Å². The normalized spacial score (nSPS) is 10.1. The molecule has 0 aliphatic carbocycles. The summed E-state index contributed by atoms with van der Waals surface area (Å²) >= 11 is 4.72. The van der Waals surface area contributed by atoms with E-state index in [1.807, 2.05) is 6.20 Å². The van der Waals surface area contributed by atoms with Crippen molar-refractivity contribution in [2.45, 2.75) is 15.8 Å². The number of hydrogen-bond donors (Lipinski definition) is 0. The Bertz CT molecular complexity index is 248. The van der Waals surface area contributed by atoms with E-state index in [1.54, 1.807) is 0 Å². The largest absolute Gasteiger partial charge is 0.260 e. The molecule has 0 aromatic carbocycles. The van der Waals surface area contributed by atoms with Crippen LogP contribution in [0.1, 0.15) is 16.8 Å². The zero-order chi connectivity index (χ0) is 8.27. The molecule has 3 heteroatoms. The first kappa shape index (κ1) is 9.70. The second-order valence-corrected chi connectivity index (χ2v) is 3.91. The quantitative estimate of drug-likeness (QED) is 0.573. The summed E-state index contributed by atoms with van der Waals surface area (Å²) in [6.45, 7) is 2.08. The average Bonchev–Trinajstić information content (AvgIpc) is 2.04. The van der Waals surface area contributed by atoms with E-state index < -0.39 is 0 Å². The van der Waals surface area contributed by atoms with Gasteiger partial charge in [0, 0.05) is 15.1 Å². The maximum Gasteiger partial charge on any atom is 0.0540 e. The van der Waals surface area contributed by atoms with Crippen LogP contribution >= 0.6 is 45.2 Å². The molecule has 0 aliphatic heterocycles. The lowest BCUT2D eigenvalue weighted by molar-refractivity contribution is 1.12. The highest BCUT2D eigenvalue weighted by atomic mass is 127. The first-order valence-electron chi connectivity index (χ1n) is 3.34. The molecule has 0 saturated carbocycles. The molecular formula is C8H9I2N. The van der Waals surface area contributed by atoms with Gasteiger partial charge in [0.05, 0.1) is 5.69 Å². The Hall–Kier alpha value is 0.610. The molecule has 0 bridgehead atoms. The zero-order valence-electron chi connectivity index (χ0n) is 6.27. The fraction of sp³-hybridized carbons (Fsp3) is 0.375. The van der Waals surface area contributed by atoms with Crippen molar-refractivity contribution in [2.24, 2.45) is 0 Å². The van der Waals surface area contributed by atoms with Crippen LogP contribution < -0.4 is 0 Å². The molecule has 0 spiro atoms. The standard InChI is InChI=1S/C8H9I2N/c1-6-2-7(3-9)8(4-10)11-5-6/h2,5H,3-4H2,1H3. The molecule has 1 heterocycles. The van der Waals surface area contributed by atoms with Crippen LogP contribution in [0.5, 0.6) is 0 Å². The van der Waals surface area contributed by atoms with Crippen molar-refractivity contribution in [2.75, 3.05) is 0 Å². The molecule has 0 radical (unpaired) electrons. The van der Waals surface area contributed by atoms with Crippen LogP contribution in [-0.2, 0) is 8.86 Å². The summed E-state index contributed by atoms with van der Waals surface area (Å²) in [5.41, 5.74) is 3.86. The Labute approximate surface area is 94.3 Å². The predicted octanol–water partition coefficient (Wildman–Crippen LogP) is 3.26. The Morgan fingerprint density at radius 1 is 1.36 bits per heavy atom. The summed E-state index contributed by atoms with van der Waals surface area (Å²) in [6.07, 6.45) is 1.93. The molecule has 0 fully saturated rings. The van der Waals surface area contributed by atoms with Gasteiger partial charge in [-0.1, -0.05) is 51.2 Å². The first-order chi connectivity index (χ1) is 5.27. The van der Waals surface area contributed by atoms with E-state index in [4.69, 9.17) is 0 Å². The fourth-order valence-corrected chi connectivity index (χ4v) is 2.24. The Morgan fingerprint density at radius 2 is 2.09 bits per heavy atom. The number of halogens is 2. The monoisotopic (exact) mass is 373 g/mol. The number of nitrogens with zero attached hydrogens (tertiary/aromatic N) is 1. The molecular weight excluding hydrogens is 364 g/mol. The fourth-order valence-electron chi connectivity index (χ4n) is 0.894. The molecule has 0 unspecified atom stereocenters. The summed E-state index contributed by atoms with van der Waals surface area (Å²) < 4.78 is 2.07. The summed E-state index contributed by atoms with van der Waals surface area (Å²) in [4.78, 5) is 4.36. The summed E-state index contributed by atoms with van der Waals surface area (Å²) in [7, 11) is 0. The average molecular weight is 373 g/mol. The molecule has 1 nitrogen and oxygen atoms in total. The third-order valence-corrected chi connectivity index (χ3v) is 3.01. The van der Waals surface area contributed by atoms with Gasteiger partial charge in [0.25, 0.3) is 0 Å². The Balaban J connectivity index is 3.06. The molecule has 1 aromatic rings. The summed E-state index contributed by atoms with van der Waals surface area (Å²) in [5, 5.41) is 0. The van der Waals surface area contributed by atoms with Crippen molar-refractivity contribution in [1.82, 2.24) is 4.98 Å². The molecule has 0 atom stereocenters. The maximum absolute atomic E-state index is 4.36. The van der Waals surface area contributed by atoms with Gasteiger partial charge in [-0.15, -0.1) is 0 Å². The van der Waals surface area contributed by atoms with E-state index in [0.29, 0.717) is 0 Å². The molecule has 0 N–H and O–H groups in total. The van der Waals surface area contributed by atoms with Crippen LogP contribution in [0.15, 0.2) is 12.3 Å². The van der Waals surface area contributed by atoms with Crippen LogP contribution in [0.3, 0.4) is 0 Å². The van der Waals surface area contributed by atoms with Gasteiger partial charge in [0.2, 0.25) is 0 Å². The minimum atomic E-state index is 1.01.